The number of benzene rings is 1. The molecule has 0 spiro atoms. The largest absolute Gasteiger partial charge is 0.495 e. The molecule has 1 aromatic carbocycles. The number of hydrogen-bond donors (Lipinski definition) is 2. The van der Waals surface area contributed by atoms with Crippen LogP contribution in [0.5, 0.6) is 5.75 Å². The van der Waals surface area contributed by atoms with E-state index in [9.17, 15) is 4.79 Å². The van der Waals surface area contributed by atoms with E-state index in [1.807, 2.05) is 0 Å². The van der Waals surface area contributed by atoms with Gasteiger partial charge in [0.1, 0.15) is 12.0 Å². The minimum absolute atomic E-state index is 0.183. The molecule has 0 radical (unpaired) electrons. The van der Waals surface area contributed by atoms with E-state index in [1.165, 1.54) is 31.3 Å². The quantitative estimate of drug-likeness (QED) is 0.650. The number of thioether (sulfide) groups is 1. The van der Waals surface area contributed by atoms with Crippen molar-refractivity contribution in [3.8, 4) is 5.75 Å². The van der Waals surface area contributed by atoms with Gasteiger partial charge in [0.15, 0.2) is 0 Å². The molecular formula is C13H15N3O3S. The molecule has 0 fully saturated rings. The summed E-state index contributed by atoms with van der Waals surface area (Å²) in [4.78, 5) is 16.1. The Morgan fingerprint density at radius 2 is 2.35 bits per heavy atom. The van der Waals surface area contributed by atoms with Crippen LogP contribution in [0.3, 0.4) is 0 Å². The van der Waals surface area contributed by atoms with Crippen molar-refractivity contribution in [2.75, 3.05) is 18.2 Å². The number of nitrogen functional groups attached to an aromatic ring is 1. The first-order valence-electron chi connectivity index (χ1n) is 5.90. The number of ether oxygens (including phenoxy) is 1. The minimum atomic E-state index is -0.361. The van der Waals surface area contributed by atoms with E-state index < -0.39 is 0 Å². The van der Waals surface area contributed by atoms with E-state index in [4.69, 9.17) is 14.9 Å². The van der Waals surface area contributed by atoms with Crippen LogP contribution in [0.2, 0.25) is 0 Å². The Labute approximate surface area is 120 Å². The van der Waals surface area contributed by atoms with Crippen molar-refractivity contribution >= 4 is 29.0 Å². The van der Waals surface area contributed by atoms with Gasteiger partial charge < -0.3 is 20.2 Å². The topological polar surface area (TPSA) is 90.4 Å². The Kier molecular flexibility index (Phi) is 4.52. The number of amides is 1. The van der Waals surface area contributed by atoms with Crippen LogP contribution in [0.25, 0.3) is 0 Å². The summed E-state index contributed by atoms with van der Waals surface area (Å²) in [6, 6.07) is 5.07. The first-order chi connectivity index (χ1) is 9.60. The number of carbonyl (C=O) groups is 1. The summed E-state index contributed by atoms with van der Waals surface area (Å²) in [5, 5.41) is 2.87. The third kappa shape index (κ3) is 3.45. The van der Waals surface area contributed by atoms with Gasteiger partial charge in [-0.1, -0.05) is 11.8 Å². The summed E-state index contributed by atoms with van der Waals surface area (Å²) < 4.78 is 10.3. The molecule has 1 unspecified atom stereocenters. The van der Waals surface area contributed by atoms with E-state index >= 15 is 0 Å². The molecule has 20 heavy (non-hydrogen) atoms. The molecular weight excluding hydrogens is 278 g/mol. The Hall–Kier alpha value is -2.15. The maximum atomic E-state index is 12.1. The monoisotopic (exact) mass is 293 g/mol. The normalized spacial score (nSPS) is 11.9. The molecule has 2 rings (SSSR count). The van der Waals surface area contributed by atoms with Gasteiger partial charge in [0.2, 0.25) is 5.91 Å². The highest BCUT2D eigenvalue weighted by Gasteiger charge is 2.18. The molecule has 106 valence electrons. The Morgan fingerprint density at radius 1 is 1.55 bits per heavy atom. The van der Waals surface area contributed by atoms with E-state index in [2.05, 4.69) is 10.3 Å². The molecule has 0 aliphatic carbocycles. The van der Waals surface area contributed by atoms with E-state index in [1.54, 1.807) is 25.1 Å². The lowest BCUT2D eigenvalue weighted by molar-refractivity contribution is -0.115. The lowest BCUT2D eigenvalue weighted by Gasteiger charge is -2.13. The number of anilines is 2. The fraction of sp³-hybridized carbons (Fsp3) is 0.231. The zero-order valence-electron chi connectivity index (χ0n) is 11.1. The van der Waals surface area contributed by atoms with Crippen LogP contribution in [0, 0.1) is 0 Å². The number of nitrogens with two attached hydrogens (primary N) is 1. The number of hydrogen-bond acceptors (Lipinski definition) is 6. The van der Waals surface area contributed by atoms with Gasteiger partial charge in [-0.15, -0.1) is 0 Å². The van der Waals surface area contributed by atoms with Crippen LogP contribution in [-0.2, 0) is 4.79 Å². The van der Waals surface area contributed by atoms with E-state index in [-0.39, 0.29) is 11.2 Å². The smallest absolute Gasteiger partial charge is 0.256 e. The van der Waals surface area contributed by atoms with Gasteiger partial charge >= 0.3 is 0 Å². The van der Waals surface area contributed by atoms with Crippen molar-refractivity contribution in [2.24, 2.45) is 0 Å². The molecule has 1 heterocycles. The highest BCUT2D eigenvalue weighted by molar-refractivity contribution is 8.00. The number of aromatic nitrogens is 1. The minimum Gasteiger partial charge on any atom is -0.495 e. The lowest BCUT2D eigenvalue weighted by Crippen LogP contribution is -2.22. The van der Waals surface area contributed by atoms with Crippen LogP contribution in [0.1, 0.15) is 6.92 Å². The second-order valence-electron chi connectivity index (χ2n) is 4.01. The predicted octanol–water partition coefficient (Wildman–Crippen LogP) is 2.38. The van der Waals surface area contributed by atoms with Crippen LogP contribution >= 0.6 is 11.8 Å². The molecule has 2 aromatic rings. The maximum absolute atomic E-state index is 12.1. The van der Waals surface area contributed by atoms with Crippen LogP contribution in [-0.4, -0.2) is 23.3 Å². The number of carbonyl (C=O) groups excluding carboxylic acids is 1. The Balaban J connectivity index is 2.05. The fourth-order valence-electron chi connectivity index (χ4n) is 1.53. The van der Waals surface area contributed by atoms with Crippen molar-refractivity contribution in [1.82, 2.24) is 4.98 Å². The van der Waals surface area contributed by atoms with Gasteiger partial charge in [-0.25, -0.2) is 4.98 Å². The molecule has 6 nitrogen and oxygen atoms in total. The number of rotatable bonds is 5. The number of nitrogens with one attached hydrogen (secondary N) is 1. The predicted molar refractivity (Wildman–Crippen MR) is 77.9 cm³/mol. The third-order valence-electron chi connectivity index (χ3n) is 2.54. The van der Waals surface area contributed by atoms with Crippen molar-refractivity contribution < 1.29 is 13.9 Å². The number of nitrogens with zero attached hydrogens (tertiary/aromatic N) is 1. The Morgan fingerprint density at radius 3 is 3.00 bits per heavy atom. The van der Waals surface area contributed by atoms with Gasteiger partial charge in [0, 0.05) is 5.69 Å². The molecule has 0 saturated heterocycles. The maximum Gasteiger partial charge on any atom is 0.256 e. The summed E-state index contributed by atoms with van der Waals surface area (Å²) in [5.74, 6) is 0.373. The van der Waals surface area contributed by atoms with Crippen molar-refractivity contribution in [3.63, 3.8) is 0 Å². The average Bonchev–Trinajstić information content (AvgIpc) is 2.91. The van der Waals surface area contributed by atoms with Gasteiger partial charge in [-0.3, -0.25) is 4.79 Å². The molecule has 1 atom stereocenters. The van der Waals surface area contributed by atoms with Gasteiger partial charge in [-0.05, 0) is 25.1 Å². The summed E-state index contributed by atoms with van der Waals surface area (Å²) in [6.07, 6.45) is 3.00. The van der Waals surface area contributed by atoms with Gasteiger partial charge in [-0.2, -0.15) is 0 Å². The van der Waals surface area contributed by atoms with Crippen molar-refractivity contribution in [2.45, 2.75) is 17.4 Å². The first-order valence-corrected chi connectivity index (χ1v) is 6.78. The molecule has 0 saturated carbocycles. The molecule has 3 N–H and O–H groups in total. The molecule has 7 heteroatoms. The molecule has 1 amide bonds. The van der Waals surface area contributed by atoms with Gasteiger partial charge in [0.25, 0.3) is 5.22 Å². The average molecular weight is 293 g/mol. The molecule has 0 aliphatic rings. The SMILES string of the molecule is COc1ccc(N)cc1NC(=O)C(C)Sc1ncco1. The van der Waals surface area contributed by atoms with Crippen LogP contribution in [0.15, 0.2) is 40.3 Å². The standard InChI is InChI=1S/C13H15N3O3S/c1-8(20-13-15-5-6-19-13)12(17)16-10-7-9(14)3-4-11(10)18-2/h3-8H,14H2,1-2H3,(H,16,17). The highest BCUT2D eigenvalue weighted by atomic mass is 32.2. The number of oxazole rings is 1. The Bertz CT molecular complexity index is 587. The zero-order valence-corrected chi connectivity index (χ0v) is 11.9. The molecule has 1 aromatic heterocycles. The van der Waals surface area contributed by atoms with E-state index in [0.717, 1.165) is 0 Å². The molecule has 0 aliphatic heterocycles. The fourth-order valence-corrected chi connectivity index (χ4v) is 2.23. The van der Waals surface area contributed by atoms with Crippen molar-refractivity contribution in [3.05, 3.63) is 30.7 Å². The van der Waals surface area contributed by atoms with Crippen molar-refractivity contribution in [1.29, 1.82) is 0 Å². The summed E-state index contributed by atoms with van der Waals surface area (Å²) in [7, 11) is 1.53. The third-order valence-corrected chi connectivity index (χ3v) is 3.51. The van der Waals surface area contributed by atoms with E-state index in [0.29, 0.717) is 22.3 Å². The zero-order chi connectivity index (χ0) is 14.5. The second kappa shape index (κ2) is 6.33. The first kappa shape index (κ1) is 14.3. The summed E-state index contributed by atoms with van der Waals surface area (Å²) in [5.41, 5.74) is 6.80. The lowest BCUT2D eigenvalue weighted by atomic mass is 10.2. The van der Waals surface area contributed by atoms with Crippen LogP contribution in [0.4, 0.5) is 11.4 Å². The van der Waals surface area contributed by atoms with Crippen LogP contribution < -0.4 is 15.8 Å². The summed E-state index contributed by atoms with van der Waals surface area (Å²) in [6.45, 7) is 1.77. The second-order valence-corrected chi connectivity index (χ2v) is 5.30. The van der Waals surface area contributed by atoms with Gasteiger partial charge in [0.05, 0.1) is 24.2 Å². The number of methoxy groups -OCH3 is 1. The molecule has 0 bridgehead atoms. The summed E-state index contributed by atoms with van der Waals surface area (Å²) >= 11 is 1.23. The highest BCUT2D eigenvalue weighted by Crippen LogP contribution is 2.28.